The number of imide groups is 1. The van der Waals surface area contributed by atoms with E-state index in [0.717, 1.165) is 0 Å². The van der Waals surface area contributed by atoms with E-state index in [9.17, 15) is 14.4 Å². The topological polar surface area (TPSA) is 136 Å². The zero-order valence-corrected chi connectivity index (χ0v) is 10.3. The van der Waals surface area contributed by atoms with Crippen molar-refractivity contribution in [3.05, 3.63) is 18.1 Å². The molecule has 0 unspecified atom stereocenters. The van der Waals surface area contributed by atoms with Crippen molar-refractivity contribution in [2.24, 2.45) is 0 Å². The van der Waals surface area contributed by atoms with Crippen LogP contribution in [0.5, 0.6) is 0 Å². The zero-order chi connectivity index (χ0) is 14.4. The molecular formula is C10H13N5O4. The molecule has 0 radical (unpaired) electrons. The Morgan fingerprint density at radius 1 is 1.32 bits per heavy atom. The zero-order valence-electron chi connectivity index (χ0n) is 10.3. The van der Waals surface area contributed by atoms with Crippen molar-refractivity contribution < 1.29 is 19.1 Å². The highest BCUT2D eigenvalue weighted by Gasteiger charge is 2.22. The Hall–Kier alpha value is -2.71. The SMILES string of the molecule is CNC(=O)NC(=O)[C@@H](C)OC(=O)c1nccnc1N. The summed E-state index contributed by atoms with van der Waals surface area (Å²) in [5.74, 6) is -1.77. The number of urea groups is 1. The summed E-state index contributed by atoms with van der Waals surface area (Å²) in [5.41, 5.74) is 5.24. The third-order valence-corrected chi connectivity index (χ3v) is 2.04. The van der Waals surface area contributed by atoms with Crippen LogP contribution < -0.4 is 16.4 Å². The Morgan fingerprint density at radius 2 is 1.95 bits per heavy atom. The van der Waals surface area contributed by atoms with E-state index in [1.54, 1.807) is 0 Å². The average Bonchev–Trinajstić information content (AvgIpc) is 2.38. The van der Waals surface area contributed by atoms with Crippen LogP contribution in [0.3, 0.4) is 0 Å². The van der Waals surface area contributed by atoms with E-state index in [2.05, 4.69) is 15.3 Å². The fourth-order valence-electron chi connectivity index (χ4n) is 1.05. The Kier molecular flexibility index (Phi) is 4.75. The van der Waals surface area contributed by atoms with Gasteiger partial charge in [-0.2, -0.15) is 0 Å². The van der Waals surface area contributed by atoms with Gasteiger partial charge in [-0.25, -0.2) is 19.6 Å². The molecule has 0 aliphatic carbocycles. The molecule has 0 spiro atoms. The fraction of sp³-hybridized carbons (Fsp3) is 0.300. The summed E-state index contributed by atoms with van der Waals surface area (Å²) in [6.45, 7) is 1.31. The highest BCUT2D eigenvalue weighted by atomic mass is 16.5. The smallest absolute Gasteiger partial charge is 0.361 e. The molecule has 1 rings (SSSR count). The van der Waals surface area contributed by atoms with Crippen LogP contribution in [-0.2, 0) is 9.53 Å². The molecule has 9 nitrogen and oxygen atoms in total. The van der Waals surface area contributed by atoms with E-state index in [1.165, 1.54) is 26.4 Å². The number of nitrogens with one attached hydrogen (secondary N) is 2. The lowest BCUT2D eigenvalue weighted by molar-refractivity contribution is -0.127. The monoisotopic (exact) mass is 267 g/mol. The van der Waals surface area contributed by atoms with E-state index >= 15 is 0 Å². The Morgan fingerprint density at radius 3 is 2.53 bits per heavy atom. The van der Waals surface area contributed by atoms with Crippen LogP contribution in [0.25, 0.3) is 0 Å². The van der Waals surface area contributed by atoms with Gasteiger partial charge in [0.15, 0.2) is 17.6 Å². The van der Waals surface area contributed by atoms with Gasteiger partial charge >= 0.3 is 12.0 Å². The predicted molar refractivity (Wildman–Crippen MR) is 63.9 cm³/mol. The molecule has 0 saturated heterocycles. The number of carbonyl (C=O) groups excluding carboxylic acids is 3. The number of anilines is 1. The maximum Gasteiger partial charge on any atom is 0.361 e. The number of hydrogen-bond donors (Lipinski definition) is 3. The number of hydrogen-bond acceptors (Lipinski definition) is 7. The van der Waals surface area contributed by atoms with Crippen LogP contribution in [0.1, 0.15) is 17.4 Å². The van der Waals surface area contributed by atoms with E-state index in [1.807, 2.05) is 5.32 Å². The van der Waals surface area contributed by atoms with Gasteiger partial charge in [-0.15, -0.1) is 0 Å². The van der Waals surface area contributed by atoms with Gasteiger partial charge in [-0.3, -0.25) is 10.1 Å². The maximum absolute atomic E-state index is 11.7. The van der Waals surface area contributed by atoms with E-state index in [-0.39, 0.29) is 11.5 Å². The van der Waals surface area contributed by atoms with E-state index in [0.29, 0.717) is 0 Å². The molecule has 0 fully saturated rings. The number of esters is 1. The van der Waals surface area contributed by atoms with Crippen LogP contribution in [0.2, 0.25) is 0 Å². The van der Waals surface area contributed by atoms with Crippen molar-refractivity contribution in [3.8, 4) is 0 Å². The number of nitrogens with zero attached hydrogens (tertiary/aromatic N) is 2. The first-order valence-corrected chi connectivity index (χ1v) is 5.25. The van der Waals surface area contributed by atoms with Gasteiger partial charge in [0.1, 0.15) is 0 Å². The average molecular weight is 267 g/mol. The Labute approximate surface area is 108 Å². The maximum atomic E-state index is 11.7. The highest BCUT2D eigenvalue weighted by Crippen LogP contribution is 2.06. The minimum absolute atomic E-state index is 0.105. The number of nitrogens with two attached hydrogens (primary N) is 1. The third kappa shape index (κ3) is 3.91. The van der Waals surface area contributed by atoms with Gasteiger partial charge in [0, 0.05) is 19.4 Å². The van der Waals surface area contributed by atoms with Crippen molar-refractivity contribution >= 4 is 23.7 Å². The predicted octanol–water partition coefficient (Wildman–Crippen LogP) is -0.940. The number of rotatable bonds is 3. The molecule has 1 aromatic heterocycles. The summed E-state index contributed by atoms with van der Waals surface area (Å²) in [4.78, 5) is 41.4. The van der Waals surface area contributed by atoms with Gasteiger partial charge in [0.2, 0.25) is 0 Å². The van der Waals surface area contributed by atoms with Gasteiger partial charge in [0.05, 0.1) is 0 Å². The Bertz CT molecular complexity index is 504. The molecule has 4 N–H and O–H groups in total. The van der Waals surface area contributed by atoms with E-state index in [4.69, 9.17) is 10.5 Å². The van der Waals surface area contributed by atoms with Crippen molar-refractivity contribution in [1.82, 2.24) is 20.6 Å². The molecule has 1 atom stereocenters. The Balaban J connectivity index is 2.64. The minimum Gasteiger partial charge on any atom is -0.448 e. The number of ether oxygens (including phenoxy) is 1. The molecule has 0 bridgehead atoms. The number of aromatic nitrogens is 2. The molecule has 3 amide bonds. The van der Waals surface area contributed by atoms with Crippen LogP contribution >= 0.6 is 0 Å². The van der Waals surface area contributed by atoms with Gasteiger partial charge in [0.25, 0.3) is 5.91 Å². The molecular weight excluding hydrogens is 254 g/mol. The first kappa shape index (κ1) is 14.4. The quantitative estimate of drug-likeness (QED) is 0.601. The largest absolute Gasteiger partial charge is 0.448 e. The molecule has 9 heteroatoms. The molecule has 0 aromatic carbocycles. The molecule has 0 aliphatic heterocycles. The van der Waals surface area contributed by atoms with Crippen molar-refractivity contribution in [2.75, 3.05) is 12.8 Å². The summed E-state index contributed by atoms with van der Waals surface area (Å²) in [5, 5.41) is 4.16. The summed E-state index contributed by atoms with van der Waals surface area (Å²) >= 11 is 0. The summed E-state index contributed by atoms with van der Waals surface area (Å²) in [6.07, 6.45) is 1.40. The molecule has 1 aromatic rings. The molecule has 0 aliphatic rings. The molecule has 102 valence electrons. The van der Waals surface area contributed by atoms with Crippen LogP contribution in [0.15, 0.2) is 12.4 Å². The molecule has 19 heavy (non-hydrogen) atoms. The van der Waals surface area contributed by atoms with Crippen molar-refractivity contribution in [1.29, 1.82) is 0 Å². The molecule has 0 saturated carbocycles. The lowest BCUT2D eigenvalue weighted by Crippen LogP contribution is -2.43. The lowest BCUT2D eigenvalue weighted by Gasteiger charge is -2.12. The van der Waals surface area contributed by atoms with Crippen molar-refractivity contribution in [2.45, 2.75) is 13.0 Å². The first-order valence-electron chi connectivity index (χ1n) is 5.25. The van der Waals surface area contributed by atoms with E-state index < -0.39 is 24.0 Å². The highest BCUT2D eigenvalue weighted by molar-refractivity contribution is 5.98. The van der Waals surface area contributed by atoms with Crippen LogP contribution in [-0.4, -0.2) is 41.0 Å². The normalized spacial score (nSPS) is 11.3. The number of carbonyl (C=O) groups is 3. The standard InChI is InChI=1S/C10H13N5O4/c1-5(8(16)15-10(18)12-2)19-9(17)6-7(11)14-4-3-13-6/h3-5H,1-2H3,(H2,11,14)(H2,12,15,16,18)/t5-/m1/s1. The summed E-state index contributed by atoms with van der Waals surface area (Å²) in [7, 11) is 1.35. The third-order valence-electron chi connectivity index (χ3n) is 2.04. The lowest BCUT2D eigenvalue weighted by atomic mass is 10.3. The van der Waals surface area contributed by atoms with Gasteiger partial charge in [-0.05, 0) is 6.92 Å². The van der Waals surface area contributed by atoms with Crippen molar-refractivity contribution in [3.63, 3.8) is 0 Å². The summed E-state index contributed by atoms with van der Waals surface area (Å²) in [6, 6.07) is -0.702. The van der Waals surface area contributed by atoms with Crippen LogP contribution in [0, 0.1) is 0 Å². The molecule has 1 heterocycles. The van der Waals surface area contributed by atoms with Crippen LogP contribution in [0.4, 0.5) is 10.6 Å². The fourth-order valence-corrected chi connectivity index (χ4v) is 1.05. The second-order valence-corrected chi connectivity index (χ2v) is 3.41. The minimum atomic E-state index is -1.17. The number of nitrogen functional groups attached to an aromatic ring is 1. The van der Waals surface area contributed by atoms with Gasteiger partial charge in [-0.1, -0.05) is 0 Å². The summed E-state index contributed by atoms with van der Waals surface area (Å²) < 4.78 is 4.81. The first-order chi connectivity index (χ1) is 8.95. The number of amides is 3. The second-order valence-electron chi connectivity index (χ2n) is 3.41. The second kappa shape index (κ2) is 6.28. The van der Waals surface area contributed by atoms with Gasteiger partial charge < -0.3 is 15.8 Å².